The zero-order chi connectivity index (χ0) is 14.7. The summed E-state index contributed by atoms with van der Waals surface area (Å²) in [4.78, 5) is 5.53. The van der Waals surface area contributed by atoms with E-state index in [1.165, 1.54) is 10.5 Å². The van der Waals surface area contributed by atoms with Crippen molar-refractivity contribution in [3.05, 3.63) is 59.9 Å². The van der Waals surface area contributed by atoms with Gasteiger partial charge in [-0.1, -0.05) is 28.9 Å². The Morgan fingerprint density at radius 2 is 2.00 bits per heavy atom. The molecule has 0 amide bonds. The number of phenols is 1. The molecule has 1 N–H and O–H groups in total. The van der Waals surface area contributed by atoms with Crippen LogP contribution in [0.1, 0.15) is 11.4 Å². The van der Waals surface area contributed by atoms with Gasteiger partial charge in [-0.15, -0.1) is 11.8 Å². The minimum absolute atomic E-state index is 0.182. The predicted octanol–water partition coefficient (Wildman–Crippen LogP) is 4.04. The van der Waals surface area contributed by atoms with E-state index in [-0.39, 0.29) is 5.75 Å². The lowest BCUT2D eigenvalue weighted by molar-refractivity contribution is 0.424. The van der Waals surface area contributed by atoms with Gasteiger partial charge >= 0.3 is 0 Å². The number of hydrogen-bond donors (Lipinski definition) is 1. The third kappa shape index (κ3) is 3.44. The van der Waals surface area contributed by atoms with Crippen molar-refractivity contribution in [2.45, 2.75) is 17.6 Å². The molecule has 0 bridgehead atoms. The van der Waals surface area contributed by atoms with Crippen LogP contribution in [0, 0.1) is 6.92 Å². The lowest BCUT2D eigenvalue weighted by Crippen LogP contribution is -1.84. The summed E-state index contributed by atoms with van der Waals surface area (Å²) >= 11 is 1.66. The fraction of sp³-hybridized carbons (Fsp3) is 0.125. The van der Waals surface area contributed by atoms with Gasteiger partial charge in [0.25, 0.3) is 5.89 Å². The molecule has 2 aromatic carbocycles. The summed E-state index contributed by atoms with van der Waals surface area (Å²) in [5, 5.41) is 13.4. The average Bonchev–Trinajstić information content (AvgIpc) is 2.94. The number of benzene rings is 2. The predicted molar refractivity (Wildman–Crippen MR) is 82.1 cm³/mol. The molecule has 1 aromatic heterocycles. The van der Waals surface area contributed by atoms with E-state index in [2.05, 4.69) is 35.3 Å². The topological polar surface area (TPSA) is 59.2 Å². The summed E-state index contributed by atoms with van der Waals surface area (Å²) in [6.07, 6.45) is 0. The third-order valence-electron chi connectivity index (χ3n) is 2.92. The van der Waals surface area contributed by atoms with E-state index in [1.807, 2.05) is 12.1 Å². The Morgan fingerprint density at radius 3 is 2.81 bits per heavy atom. The van der Waals surface area contributed by atoms with Crippen LogP contribution in [-0.4, -0.2) is 15.2 Å². The van der Waals surface area contributed by atoms with E-state index in [0.717, 1.165) is 0 Å². The standard InChI is InChI=1S/C16H14N2O2S/c1-11-4-2-7-14(8-11)21-10-15-17-16(20-18-15)12-5-3-6-13(19)9-12/h2-9,19H,10H2,1H3. The molecule has 0 atom stereocenters. The molecular weight excluding hydrogens is 284 g/mol. The molecule has 21 heavy (non-hydrogen) atoms. The molecule has 3 aromatic rings. The fourth-order valence-corrected chi connectivity index (χ4v) is 2.78. The van der Waals surface area contributed by atoms with Gasteiger partial charge in [-0.2, -0.15) is 4.98 Å². The van der Waals surface area contributed by atoms with Crippen LogP contribution < -0.4 is 0 Å². The molecule has 0 unspecified atom stereocenters. The van der Waals surface area contributed by atoms with Crippen LogP contribution in [0.15, 0.2) is 57.9 Å². The Kier molecular flexibility index (Phi) is 3.92. The summed E-state index contributed by atoms with van der Waals surface area (Å²) in [6, 6.07) is 15.1. The Bertz CT molecular complexity index is 755. The number of aryl methyl sites for hydroxylation is 1. The largest absolute Gasteiger partial charge is 0.508 e. The normalized spacial score (nSPS) is 10.7. The highest BCUT2D eigenvalue weighted by molar-refractivity contribution is 7.98. The van der Waals surface area contributed by atoms with Gasteiger partial charge in [0, 0.05) is 10.5 Å². The van der Waals surface area contributed by atoms with E-state index in [1.54, 1.807) is 30.0 Å². The molecule has 0 aliphatic heterocycles. The van der Waals surface area contributed by atoms with E-state index in [4.69, 9.17) is 4.52 Å². The SMILES string of the molecule is Cc1cccc(SCc2noc(-c3cccc(O)c3)n2)c1. The number of nitrogens with zero attached hydrogens (tertiary/aromatic N) is 2. The average molecular weight is 298 g/mol. The van der Waals surface area contributed by atoms with Crippen molar-refractivity contribution >= 4 is 11.8 Å². The lowest BCUT2D eigenvalue weighted by atomic mass is 10.2. The maximum atomic E-state index is 9.47. The van der Waals surface area contributed by atoms with Gasteiger partial charge in [0.1, 0.15) is 5.75 Å². The first-order valence-electron chi connectivity index (χ1n) is 6.52. The molecule has 5 heteroatoms. The van der Waals surface area contributed by atoms with E-state index in [9.17, 15) is 5.11 Å². The van der Waals surface area contributed by atoms with Crippen LogP contribution in [-0.2, 0) is 5.75 Å². The highest BCUT2D eigenvalue weighted by Gasteiger charge is 2.09. The maximum Gasteiger partial charge on any atom is 0.258 e. The molecule has 0 aliphatic rings. The maximum absolute atomic E-state index is 9.47. The molecule has 0 fully saturated rings. The number of aromatic nitrogens is 2. The smallest absolute Gasteiger partial charge is 0.258 e. The fourth-order valence-electron chi connectivity index (χ4n) is 1.92. The van der Waals surface area contributed by atoms with Crippen LogP contribution in [0.3, 0.4) is 0 Å². The number of rotatable bonds is 4. The van der Waals surface area contributed by atoms with Gasteiger partial charge in [0.15, 0.2) is 5.82 Å². The molecule has 0 saturated heterocycles. The summed E-state index contributed by atoms with van der Waals surface area (Å²) in [5.74, 6) is 1.89. The van der Waals surface area contributed by atoms with Gasteiger partial charge < -0.3 is 9.63 Å². The minimum Gasteiger partial charge on any atom is -0.508 e. The molecular formula is C16H14N2O2S. The molecule has 0 aliphatic carbocycles. The molecule has 106 valence electrons. The number of hydrogen-bond acceptors (Lipinski definition) is 5. The van der Waals surface area contributed by atoms with Crippen molar-refractivity contribution in [2.75, 3.05) is 0 Å². The summed E-state index contributed by atoms with van der Waals surface area (Å²) in [6.45, 7) is 2.07. The molecule has 1 heterocycles. The molecule has 0 spiro atoms. The second kappa shape index (κ2) is 6.01. The Morgan fingerprint density at radius 1 is 1.14 bits per heavy atom. The Labute approximate surface area is 126 Å². The van der Waals surface area contributed by atoms with Crippen LogP contribution in [0.4, 0.5) is 0 Å². The van der Waals surface area contributed by atoms with Crippen molar-refractivity contribution < 1.29 is 9.63 Å². The Hall–Kier alpha value is -2.27. The van der Waals surface area contributed by atoms with Crippen molar-refractivity contribution in [3.8, 4) is 17.2 Å². The zero-order valence-corrected chi connectivity index (χ0v) is 12.3. The van der Waals surface area contributed by atoms with Crippen molar-refractivity contribution in [2.24, 2.45) is 0 Å². The second-order valence-electron chi connectivity index (χ2n) is 4.67. The molecule has 3 rings (SSSR count). The van der Waals surface area contributed by atoms with E-state index >= 15 is 0 Å². The van der Waals surface area contributed by atoms with Gasteiger partial charge in [-0.3, -0.25) is 0 Å². The number of thioether (sulfide) groups is 1. The van der Waals surface area contributed by atoms with Gasteiger partial charge in [0.2, 0.25) is 0 Å². The first kappa shape index (κ1) is 13.7. The van der Waals surface area contributed by atoms with Crippen molar-refractivity contribution in [1.29, 1.82) is 0 Å². The third-order valence-corrected chi connectivity index (χ3v) is 3.91. The monoisotopic (exact) mass is 298 g/mol. The summed E-state index contributed by atoms with van der Waals surface area (Å²) in [7, 11) is 0. The quantitative estimate of drug-likeness (QED) is 0.736. The first-order valence-corrected chi connectivity index (χ1v) is 7.51. The molecule has 0 saturated carbocycles. The highest BCUT2D eigenvalue weighted by Crippen LogP contribution is 2.25. The highest BCUT2D eigenvalue weighted by atomic mass is 32.2. The van der Waals surface area contributed by atoms with Gasteiger partial charge in [-0.05, 0) is 37.3 Å². The Balaban J connectivity index is 1.71. The van der Waals surface area contributed by atoms with Gasteiger partial charge in [0.05, 0.1) is 5.75 Å². The summed E-state index contributed by atoms with van der Waals surface area (Å²) in [5.41, 5.74) is 1.95. The number of phenolic OH excluding ortho intramolecular Hbond substituents is 1. The van der Waals surface area contributed by atoms with Crippen molar-refractivity contribution in [1.82, 2.24) is 10.1 Å². The number of aromatic hydroxyl groups is 1. The van der Waals surface area contributed by atoms with Crippen LogP contribution in [0.2, 0.25) is 0 Å². The second-order valence-corrected chi connectivity index (χ2v) is 5.72. The first-order chi connectivity index (χ1) is 10.2. The van der Waals surface area contributed by atoms with Crippen LogP contribution >= 0.6 is 11.8 Å². The van der Waals surface area contributed by atoms with E-state index < -0.39 is 0 Å². The molecule has 4 nitrogen and oxygen atoms in total. The van der Waals surface area contributed by atoms with Crippen LogP contribution in [0.25, 0.3) is 11.5 Å². The zero-order valence-electron chi connectivity index (χ0n) is 11.5. The minimum atomic E-state index is 0.182. The molecule has 0 radical (unpaired) electrons. The lowest BCUT2D eigenvalue weighted by Gasteiger charge is -1.99. The van der Waals surface area contributed by atoms with Gasteiger partial charge in [-0.25, -0.2) is 0 Å². The van der Waals surface area contributed by atoms with Crippen molar-refractivity contribution in [3.63, 3.8) is 0 Å². The van der Waals surface area contributed by atoms with Crippen LogP contribution in [0.5, 0.6) is 5.75 Å². The van der Waals surface area contributed by atoms with E-state index in [0.29, 0.717) is 23.0 Å². The summed E-state index contributed by atoms with van der Waals surface area (Å²) < 4.78 is 5.23.